The Morgan fingerprint density at radius 2 is 1.73 bits per heavy atom. The Labute approximate surface area is 225 Å². The number of nitrogens with one attached hydrogen (secondary N) is 1. The van der Waals surface area contributed by atoms with Crippen LogP contribution in [0, 0.1) is 11.8 Å². The minimum absolute atomic E-state index is 0.0480. The maximum absolute atomic E-state index is 12.4. The van der Waals surface area contributed by atoms with E-state index in [-0.39, 0.29) is 11.3 Å². The highest BCUT2D eigenvalue weighted by molar-refractivity contribution is 5.76. The third-order valence-electron chi connectivity index (χ3n) is 8.76. The molecule has 1 aromatic rings. The fourth-order valence-electron chi connectivity index (χ4n) is 5.99. The van der Waals surface area contributed by atoms with Crippen molar-refractivity contribution in [3.05, 3.63) is 17.6 Å². The van der Waals surface area contributed by atoms with E-state index in [1.165, 1.54) is 25.8 Å². The van der Waals surface area contributed by atoms with Crippen LogP contribution in [0.1, 0.15) is 103 Å². The van der Waals surface area contributed by atoms with Crippen molar-refractivity contribution < 1.29 is 9.53 Å². The molecule has 3 fully saturated rings. The highest BCUT2D eigenvalue weighted by atomic mass is 16.5. The smallest absolute Gasteiger partial charge is 0.220 e. The van der Waals surface area contributed by atoms with E-state index >= 15 is 0 Å². The second-order valence-electron chi connectivity index (χ2n) is 13.2. The highest BCUT2D eigenvalue weighted by Crippen LogP contribution is 2.33. The van der Waals surface area contributed by atoms with Gasteiger partial charge in [0.15, 0.2) is 0 Å². The monoisotopic (exact) mass is 513 g/mol. The van der Waals surface area contributed by atoms with Crippen LogP contribution in [0.3, 0.4) is 0 Å². The number of ether oxygens (including phenoxy) is 1. The summed E-state index contributed by atoms with van der Waals surface area (Å²) >= 11 is 0. The quantitative estimate of drug-likeness (QED) is 0.507. The zero-order chi connectivity index (χ0) is 26.6. The zero-order valence-electron chi connectivity index (χ0n) is 24.3. The van der Waals surface area contributed by atoms with Crippen molar-refractivity contribution in [2.24, 2.45) is 11.8 Å². The van der Waals surface area contributed by atoms with Crippen molar-refractivity contribution in [2.45, 2.75) is 109 Å². The standard InChI is InChI=1S/C30H51N5O2/c1-21(2)26-20-27(33-29(32-26)30(3,4)5)35-15-13-34(14-16-35)12-11-22-7-9-24(10-8-22)31-28(36)19-23-17-25(18-23)37-6/h20-25H,7-19H2,1-6H3,(H,31,36). The van der Waals surface area contributed by atoms with Crippen LogP contribution in [0.5, 0.6) is 0 Å². The number of anilines is 1. The molecule has 2 heterocycles. The Bertz CT molecular complexity index is 876. The Hall–Kier alpha value is -1.73. The van der Waals surface area contributed by atoms with Crippen LogP contribution < -0.4 is 10.2 Å². The van der Waals surface area contributed by atoms with Crippen LogP contribution in [-0.2, 0) is 14.9 Å². The van der Waals surface area contributed by atoms with Crippen LogP contribution in [0.4, 0.5) is 5.82 Å². The van der Waals surface area contributed by atoms with Gasteiger partial charge in [-0.3, -0.25) is 9.69 Å². The van der Waals surface area contributed by atoms with Gasteiger partial charge in [0.25, 0.3) is 0 Å². The first-order valence-corrected chi connectivity index (χ1v) is 14.8. The molecule has 0 atom stereocenters. The average molecular weight is 514 g/mol. The van der Waals surface area contributed by atoms with Gasteiger partial charge < -0.3 is 15.0 Å². The zero-order valence-corrected chi connectivity index (χ0v) is 24.3. The molecule has 0 aromatic carbocycles. The summed E-state index contributed by atoms with van der Waals surface area (Å²) in [5.41, 5.74) is 1.10. The molecule has 3 aliphatic rings. The Balaban J connectivity index is 1.16. The Morgan fingerprint density at radius 1 is 1.05 bits per heavy atom. The summed E-state index contributed by atoms with van der Waals surface area (Å²) in [6, 6.07) is 2.59. The lowest BCUT2D eigenvalue weighted by Gasteiger charge is -2.37. The molecule has 0 spiro atoms. The van der Waals surface area contributed by atoms with Crippen molar-refractivity contribution in [3.63, 3.8) is 0 Å². The van der Waals surface area contributed by atoms with Gasteiger partial charge >= 0.3 is 0 Å². The Kier molecular flexibility index (Phi) is 9.49. The average Bonchev–Trinajstić information content (AvgIpc) is 2.85. The number of hydrogen-bond acceptors (Lipinski definition) is 6. The van der Waals surface area contributed by atoms with Crippen molar-refractivity contribution in [1.82, 2.24) is 20.2 Å². The first-order valence-electron chi connectivity index (χ1n) is 14.8. The molecule has 0 unspecified atom stereocenters. The van der Waals surface area contributed by atoms with Crippen molar-refractivity contribution in [3.8, 4) is 0 Å². The summed E-state index contributed by atoms with van der Waals surface area (Å²) in [4.78, 5) is 27.3. The Morgan fingerprint density at radius 3 is 2.32 bits per heavy atom. The predicted molar refractivity (Wildman–Crippen MR) is 150 cm³/mol. The molecule has 208 valence electrons. The van der Waals surface area contributed by atoms with Gasteiger partial charge in [-0.05, 0) is 69.2 Å². The number of carbonyl (C=O) groups is 1. The molecule has 4 rings (SSSR count). The van der Waals surface area contributed by atoms with E-state index in [2.05, 4.69) is 55.8 Å². The molecule has 2 saturated carbocycles. The second kappa shape index (κ2) is 12.4. The minimum Gasteiger partial charge on any atom is -0.381 e. The summed E-state index contributed by atoms with van der Waals surface area (Å²) in [5, 5.41) is 3.32. The molecule has 1 aromatic heterocycles. The molecule has 0 radical (unpaired) electrons. The fraction of sp³-hybridized carbons (Fsp3) is 0.833. The van der Waals surface area contributed by atoms with Gasteiger partial charge in [0.1, 0.15) is 11.6 Å². The number of piperazine rings is 1. The number of methoxy groups -OCH3 is 1. The predicted octanol–water partition coefficient (Wildman–Crippen LogP) is 4.90. The lowest BCUT2D eigenvalue weighted by Crippen LogP contribution is -2.47. The lowest BCUT2D eigenvalue weighted by molar-refractivity contribution is -0.125. The molecule has 1 N–H and O–H groups in total. The molecular weight excluding hydrogens is 462 g/mol. The third-order valence-corrected chi connectivity index (χ3v) is 8.76. The van der Waals surface area contributed by atoms with Crippen molar-refractivity contribution >= 4 is 11.7 Å². The minimum atomic E-state index is -0.0480. The van der Waals surface area contributed by atoms with Gasteiger partial charge in [-0.2, -0.15) is 0 Å². The number of nitrogens with zero attached hydrogens (tertiary/aromatic N) is 4. The van der Waals surface area contributed by atoms with E-state index in [0.717, 1.165) is 75.1 Å². The first-order chi connectivity index (χ1) is 17.6. The van der Waals surface area contributed by atoms with Gasteiger partial charge in [0.2, 0.25) is 5.91 Å². The van der Waals surface area contributed by atoms with E-state index in [1.807, 2.05) is 0 Å². The van der Waals surface area contributed by atoms with Gasteiger partial charge in [-0.1, -0.05) is 34.6 Å². The molecule has 1 amide bonds. The van der Waals surface area contributed by atoms with Gasteiger partial charge in [0.05, 0.1) is 6.10 Å². The van der Waals surface area contributed by atoms with E-state index < -0.39 is 0 Å². The molecule has 0 bridgehead atoms. The van der Waals surface area contributed by atoms with Gasteiger partial charge in [-0.25, -0.2) is 9.97 Å². The number of carbonyl (C=O) groups excluding carboxylic acids is 1. The summed E-state index contributed by atoms with van der Waals surface area (Å²) in [7, 11) is 1.77. The van der Waals surface area contributed by atoms with Crippen LogP contribution in [0.2, 0.25) is 0 Å². The summed E-state index contributed by atoms with van der Waals surface area (Å²) in [6.45, 7) is 16.5. The number of aromatic nitrogens is 2. The highest BCUT2D eigenvalue weighted by Gasteiger charge is 2.31. The van der Waals surface area contributed by atoms with Crippen molar-refractivity contribution in [1.29, 1.82) is 0 Å². The topological polar surface area (TPSA) is 70.6 Å². The van der Waals surface area contributed by atoms with Gasteiger partial charge in [0, 0.05) is 62.9 Å². The van der Waals surface area contributed by atoms with Crippen LogP contribution >= 0.6 is 0 Å². The number of hydrogen-bond donors (Lipinski definition) is 1. The van der Waals surface area contributed by atoms with Crippen LogP contribution in [0.15, 0.2) is 6.07 Å². The SMILES string of the molecule is COC1CC(CC(=O)NC2CCC(CCN3CCN(c4cc(C(C)C)nc(C(C)(C)C)n4)CC3)CC2)C1. The van der Waals surface area contributed by atoms with E-state index in [0.29, 0.717) is 30.4 Å². The van der Waals surface area contributed by atoms with Crippen LogP contribution in [-0.4, -0.2) is 72.8 Å². The summed E-state index contributed by atoms with van der Waals surface area (Å²) in [6.07, 6.45) is 9.18. The summed E-state index contributed by atoms with van der Waals surface area (Å²) < 4.78 is 5.34. The normalized spacial score (nSPS) is 27.3. The molecule has 1 aliphatic heterocycles. The van der Waals surface area contributed by atoms with Crippen molar-refractivity contribution in [2.75, 3.05) is 44.7 Å². The number of rotatable bonds is 9. The molecular formula is C30H51N5O2. The molecule has 7 heteroatoms. The summed E-state index contributed by atoms with van der Waals surface area (Å²) in [5.74, 6) is 4.02. The first kappa shape index (κ1) is 28.3. The second-order valence-corrected chi connectivity index (χ2v) is 13.2. The fourth-order valence-corrected chi connectivity index (χ4v) is 5.99. The largest absolute Gasteiger partial charge is 0.381 e. The van der Waals surface area contributed by atoms with Gasteiger partial charge in [-0.15, -0.1) is 0 Å². The van der Waals surface area contributed by atoms with E-state index in [9.17, 15) is 4.79 Å². The molecule has 2 aliphatic carbocycles. The lowest BCUT2D eigenvalue weighted by atomic mass is 9.79. The van der Waals surface area contributed by atoms with Crippen LogP contribution in [0.25, 0.3) is 0 Å². The van der Waals surface area contributed by atoms with E-state index in [4.69, 9.17) is 14.7 Å². The molecule has 1 saturated heterocycles. The van der Waals surface area contributed by atoms with E-state index in [1.54, 1.807) is 7.11 Å². The third kappa shape index (κ3) is 7.89. The number of amides is 1. The maximum Gasteiger partial charge on any atom is 0.220 e. The molecule has 7 nitrogen and oxygen atoms in total. The maximum atomic E-state index is 12.4. The molecule has 37 heavy (non-hydrogen) atoms.